The first kappa shape index (κ1) is 15.2. The Morgan fingerprint density at radius 2 is 1.61 bits per heavy atom. The van der Waals surface area contributed by atoms with Crippen LogP contribution in [0.1, 0.15) is 78.1 Å². The first-order valence-corrected chi connectivity index (χ1v) is 10.5. The second-order valence-corrected chi connectivity index (χ2v) is 10.4. The van der Waals surface area contributed by atoms with Crippen molar-refractivity contribution in [3.63, 3.8) is 0 Å². The van der Waals surface area contributed by atoms with Gasteiger partial charge >= 0.3 is 0 Å². The van der Waals surface area contributed by atoms with Gasteiger partial charge in [0.15, 0.2) is 0 Å². The van der Waals surface area contributed by atoms with Crippen molar-refractivity contribution in [2.24, 2.45) is 34.5 Å². The lowest BCUT2D eigenvalue weighted by molar-refractivity contribution is -0.118. The summed E-state index contributed by atoms with van der Waals surface area (Å²) in [6.45, 7) is 7.69. The molecule has 0 aromatic carbocycles. The van der Waals surface area contributed by atoms with Gasteiger partial charge in [0.05, 0.1) is 5.66 Å². The minimum absolute atomic E-state index is 0.313. The highest BCUT2D eigenvalue weighted by Crippen LogP contribution is 2.66. The lowest BCUT2D eigenvalue weighted by Crippen LogP contribution is -2.60. The quantitative estimate of drug-likeness (QED) is 0.696. The van der Waals surface area contributed by atoms with E-state index in [9.17, 15) is 0 Å². The van der Waals surface area contributed by atoms with E-state index in [1.54, 1.807) is 19.3 Å². The summed E-state index contributed by atoms with van der Waals surface area (Å²) < 4.78 is 0. The third-order valence-corrected chi connectivity index (χ3v) is 9.58. The zero-order chi connectivity index (χ0) is 15.7. The molecule has 2 nitrogen and oxygen atoms in total. The Morgan fingerprint density at radius 3 is 2.43 bits per heavy atom. The summed E-state index contributed by atoms with van der Waals surface area (Å²) in [6, 6.07) is 0. The molecule has 0 radical (unpaired) electrons. The van der Waals surface area contributed by atoms with E-state index in [1.807, 2.05) is 0 Å². The molecule has 0 amide bonds. The van der Waals surface area contributed by atoms with Crippen molar-refractivity contribution in [2.75, 3.05) is 13.1 Å². The molecule has 2 heteroatoms. The van der Waals surface area contributed by atoms with Gasteiger partial charge in [0.2, 0.25) is 0 Å². The van der Waals surface area contributed by atoms with Crippen LogP contribution in [-0.4, -0.2) is 18.8 Å². The standard InChI is InChI=1S/C21H36N2/c1-19-8-3-4-17(19)16-6-5-15-14-21(22-12-13-23-21)11-10-20(15,2)18(16)7-9-19/h15-18,22-23H,3-14H2,1-2H3/t15-,16+,17-,18-,19-,20+/m1/s1. The number of fused-ring (bicyclic) bond motifs is 5. The van der Waals surface area contributed by atoms with Crippen LogP contribution in [0.4, 0.5) is 0 Å². The molecule has 1 spiro atoms. The van der Waals surface area contributed by atoms with Gasteiger partial charge in [-0.2, -0.15) is 0 Å². The summed E-state index contributed by atoms with van der Waals surface area (Å²) in [7, 11) is 0. The third-order valence-electron chi connectivity index (χ3n) is 9.58. The minimum atomic E-state index is 0.313. The van der Waals surface area contributed by atoms with Crippen molar-refractivity contribution >= 4 is 0 Å². The van der Waals surface area contributed by atoms with Gasteiger partial charge in [0.1, 0.15) is 0 Å². The number of hydrogen-bond donors (Lipinski definition) is 2. The summed E-state index contributed by atoms with van der Waals surface area (Å²) in [5.74, 6) is 4.13. The molecule has 130 valence electrons. The molecule has 4 aliphatic carbocycles. The van der Waals surface area contributed by atoms with E-state index >= 15 is 0 Å². The van der Waals surface area contributed by atoms with Gasteiger partial charge in [-0.25, -0.2) is 0 Å². The summed E-state index contributed by atoms with van der Waals surface area (Å²) in [5.41, 5.74) is 1.67. The van der Waals surface area contributed by atoms with Crippen LogP contribution < -0.4 is 10.6 Å². The molecule has 0 unspecified atom stereocenters. The van der Waals surface area contributed by atoms with Crippen LogP contribution in [0.5, 0.6) is 0 Å². The van der Waals surface area contributed by atoms with Crippen LogP contribution in [0.3, 0.4) is 0 Å². The first-order valence-electron chi connectivity index (χ1n) is 10.5. The Labute approximate surface area is 142 Å². The monoisotopic (exact) mass is 316 g/mol. The molecular formula is C21H36N2. The summed E-state index contributed by atoms with van der Waals surface area (Å²) in [6.07, 6.45) is 14.9. The van der Waals surface area contributed by atoms with Crippen molar-refractivity contribution < 1.29 is 0 Å². The molecule has 1 saturated heterocycles. The number of nitrogens with one attached hydrogen (secondary N) is 2. The smallest absolute Gasteiger partial charge is 0.0691 e. The summed E-state index contributed by atoms with van der Waals surface area (Å²) in [5, 5.41) is 7.65. The highest BCUT2D eigenvalue weighted by atomic mass is 15.3. The Morgan fingerprint density at radius 1 is 0.783 bits per heavy atom. The predicted molar refractivity (Wildman–Crippen MR) is 95.1 cm³/mol. The summed E-state index contributed by atoms with van der Waals surface area (Å²) in [4.78, 5) is 0. The highest BCUT2D eigenvalue weighted by Gasteiger charge is 2.59. The average Bonchev–Trinajstić information content (AvgIpc) is 3.15. The third kappa shape index (κ3) is 2.06. The Hall–Kier alpha value is -0.0800. The topological polar surface area (TPSA) is 24.1 Å². The second-order valence-electron chi connectivity index (χ2n) is 10.4. The van der Waals surface area contributed by atoms with Crippen LogP contribution >= 0.6 is 0 Å². The maximum atomic E-state index is 3.83. The average molecular weight is 317 g/mol. The molecule has 0 bridgehead atoms. The molecule has 5 rings (SSSR count). The van der Waals surface area contributed by atoms with Crippen molar-refractivity contribution in [3.05, 3.63) is 0 Å². The molecule has 4 saturated carbocycles. The van der Waals surface area contributed by atoms with Crippen molar-refractivity contribution in [2.45, 2.75) is 83.7 Å². The molecule has 0 aromatic heterocycles. The fourth-order valence-corrected chi connectivity index (χ4v) is 8.25. The lowest BCUT2D eigenvalue weighted by atomic mass is 9.44. The number of rotatable bonds is 0. The Kier molecular flexibility index (Phi) is 3.29. The molecule has 1 aliphatic heterocycles. The first-order chi connectivity index (χ1) is 11.0. The molecular weight excluding hydrogens is 280 g/mol. The van der Waals surface area contributed by atoms with Crippen molar-refractivity contribution in [1.82, 2.24) is 10.6 Å². The number of hydrogen-bond acceptors (Lipinski definition) is 2. The van der Waals surface area contributed by atoms with Crippen molar-refractivity contribution in [3.8, 4) is 0 Å². The van der Waals surface area contributed by atoms with Gasteiger partial charge < -0.3 is 0 Å². The molecule has 2 N–H and O–H groups in total. The largest absolute Gasteiger partial charge is 0.298 e. The fraction of sp³-hybridized carbons (Fsp3) is 1.00. The zero-order valence-electron chi connectivity index (χ0n) is 15.3. The van der Waals surface area contributed by atoms with Gasteiger partial charge in [-0.05, 0) is 92.3 Å². The molecule has 0 aromatic rings. The van der Waals surface area contributed by atoms with Crippen molar-refractivity contribution in [1.29, 1.82) is 0 Å². The van der Waals surface area contributed by atoms with E-state index in [2.05, 4.69) is 24.5 Å². The Balaban J connectivity index is 1.41. The maximum absolute atomic E-state index is 3.83. The van der Waals surface area contributed by atoms with Crippen LogP contribution in [0.25, 0.3) is 0 Å². The molecule has 6 atom stereocenters. The van der Waals surface area contributed by atoms with Gasteiger partial charge in [0, 0.05) is 13.1 Å². The molecule has 1 heterocycles. The van der Waals surface area contributed by atoms with Crippen LogP contribution in [0.15, 0.2) is 0 Å². The summed E-state index contributed by atoms with van der Waals surface area (Å²) >= 11 is 0. The van der Waals surface area contributed by atoms with Gasteiger partial charge in [0.25, 0.3) is 0 Å². The lowest BCUT2D eigenvalue weighted by Gasteiger charge is -2.62. The molecule has 23 heavy (non-hydrogen) atoms. The normalized spacial score (nSPS) is 54.5. The predicted octanol–water partition coefficient (Wildman–Crippen LogP) is 4.31. The van der Waals surface area contributed by atoms with Gasteiger partial charge in [-0.15, -0.1) is 0 Å². The van der Waals surface area contributed by atoms with Crippen LogP contribution in [0.2, 0.25) is 0 Å². The molecule has 5 fully saturated rings. The van der Waals surface area contributed by atoms with E-state index in [0.717, 1.165) is 29.1 Å². The Bertz CT molecular complexity index is 482. The fourth-order valence-electron chi connectivity index (χ4n) is 8.25. The van der Waals surface area contributed by atoms with E-state index in [1.165, 1.54) is 58.0 Å². The van der Waals surface area contributed by atoms with Crippen LogP contribution in [0, 0.1) is 34.5 Å². The highest BCUT2D eigenvalue weighted by molar-refractivity contribution is 5.10. The zero-order valence-corrected chi connectivity index (χ0v) is 15.3. The van der Waals surface area contributed by atoms with E-state index < -0.39 is 0 Å². The van der Waals surface area contributed by atoms with E-state index in [0.29, 0.717) is 11.1 Å². The van der Waals surface area contributed by atoms with Gasteiger partial charge in [-0.1, -0.05) is 20.3 Å². The van der Waals surface area contributed by atoms with E-state index in [-0.39, 0.29) is 0 Å². The SMILES string of the molecule is C[C@]12CCC[C@@H]1[C@@H]1CC[C@@H]3CC4(CC[C@]3(C)[C@@H]1CC2)NCCN4. The molecule has 5 aliphatic rings. The van der Waals surface area contributed by atoms with Crippen LogP contribution in [-0.2, 0) is 0 Å². The second kappa shape index (κ2) is 4.97. The maximum Gasteiger partial charge on any atom is 0.0691 e. The van der Waals surface area contributed by atoms with Gasteiger partial charge in [-0.3, -0.25) is 10.6 Å². The van der Waals surface area contributed by atoms with E-state index in [4.69, 9.17) is 0 Å². The minimum Gasteiger partial charge on any atom is -0.298 e.